The number of aliphatic hydroxyl groups is 1. The summed E-state index contributed by atoms with van der Waals surface area (Å²) in [5, 5.41) is 25.6. The van der Waals surface area contributed by atoms with Crippen LogP contribution in [0.15, 0.2) is 4.99 Å². The number of carboxylic acid groups (broad SMARTS) is 1. The van der Waals surface area contributed by atoms with E-state index in [9.17, 15) is 24.3 Å². The molecule has 0 bridgehead atoms. The van der Waals surface area contributed by atoms with Crippen LogP contribution in [0.25, 0.3) is 0 Å². The fourth-order valence-corrected chi connectivity index (χ4v) is 2.47. The molecule has 31 heavy (non-hydrogen) atoms. The van der Waals surface area contributed by atoms with Crippen LogP contribution in [0, 0.1) is 5.92 Å². The van der Waals surface area contributed by atoms with Gasteiger partial charge in [0.15, 0.2) is 5.96 Å². The number of hydrogen-bond acceptors (Lipinski definition) is 7. The zero-order valence-corrected chi connectivity index (χ0v) is 18.1. The Morgan fingerprint density at radius 2 is 1.61 bits per heavy atom. The molecule has 3 amide bonds. The predicted molar refractivity (Wildman–Crippen MR) is 114 cm³/mol. The van der Waals surface area contributed by atoms with Crippen LogP contribution in [0.2, 0.25) is 0 Å². The molecular formula is C18H35N7O6. The summed E-state index contributed by atoms with van der Waals surface area (Å²) in [5.74, 6) is -3.67. The van der Waals surface area contributed by atoms with E-state index in [0.717, 1.165) is 0 Å². The number of carboxylic acids is 1. The van der Waals surface area contributed by atoms with Crippen LogP contribution in [0.1, 0.15) is 40.0 Å². The van der Waals surface area contributed by atoms with Gasteiger partial charge in [0.2, 0.25) is 17.7 Å². The Morgan fingerprint density at radius 3 is 2.10 bits per heavy atom. The van der Waals surface area contributed by atoms with Gasteiger partial charge in [0.05, 0.1) is 6.61 Å². The van der Waals surface area contributed by atoms with Crippen molar-refractivity contribution in [2.75, 3.05) is 13.2 Å². The molecule has 11 N–H and O–H groups in total. The molecule has 178 valence electrons. The smallest absolute Gasteiger partial charge is 0.326 e. The molecule has 0 aliphatic heterocycles. The van der Waals surface area contributed by atoms with E-state index < -0.39 is 54.5 Å². The van der Waals surface area contributed by atoms with Crippen molar-refractivity contribution in [3.63, 3.8) is 0 Å². The minimum Gasteiger partial charge on any atom is -0.480 e. The molecule has 0 rings (SSSR count). The van der Waals surface area contributed by atoms with Crippen molar-refractivity contribution in [1.82, 2.24) is 16.0 Å². The Hall–Kier alpha value is -2.93. The number of hydrogen-bond donors (Lipinski definition) is 8. The van der Waals surface area contributed by atoms with Gasteiger partial charge in [0, 0.05) is 6.54 Å². The second-order valence-corrected chi connectivity index (χ2v) is 7.24. The lowest BCUT2D eigenvalue weighted by Gasteiger charge is -2.26. The van der Waals surface area contributed by atoms with Crippen LogP contribution >= 0.6 is 0 Å². The summed E-state index contributed by atoms with van der Waals surface area (Å²) in [6, 6.07) is -4.42. The summed E-state index contributed by atoms with van der Waals surface area (Å²) in [5.41, 5.74) is 15.9. The lowest BCUT2D eigenvalue weighted by atomic mass is 9.97. The first-order chi connectivity index (χ1) is 14.4. The molecule has 0 spiro atoms. The lowest BCUT2D eigenvalue weighted by Crippen LogP contribution is -2.58. The summed E-state index contributed by atoms with van der Waals surface area (Å²) in [6.07, 6.45) is 0.955. The van der Waals surface area contributed by atoms with Gasteiger partial charge in [-0.15, -0.1) is 0 Å². The van der Waals surface area contributed by atoms with Crippen molar-refractivity contribution in [2.45, 2.75) is 64.2 Å². The number of nitrogens with one attached hydrogen (secondary N) is 3. The summed E-state index contributed by atoms with van der Waals surface area (Å²) in [4.78, 5) is 52.1. The molecule has 13 heteroatoms. The van der Waals surface area contributed by atoms with Crippen molar-refractivity contribution < 1.29 is 29.4 Å². The molecule has 0 saturated heterocycles. The minimum atomic E-state index is -1.24. The van der Waals surface area contributed by atoms with E-state index in [1.54, 1.807) is 6.92 Å². The number of carbonyl (C=O) groups excluding carboxylic acids is 3. The van der Waals surface area contributed by atoms with E-state index in [1.807, 2.05) is 6.92 Å². The number of aliphatic hydroxyl groups excluding tert-OH is 1. The van der Waals surface area contributed by atoms with Crippen LogP contribution in [0.3, 0.4) is 0 Å². The largest absolute Gasteiger partial charge is 0.480 e. The van der Waals surface area contributed by atoms with Crippen LogP contribution < -0.4 is 33.2 Å². The Morgan fingerprint density at radius 1 is 1.00 bits per heavy atom. The molecule has 13 nitrogen and oxygen atoms in total. The first-order valence-corrected chi connectivity index (χ1v) is 10.00. The maximum atomic E-state index is 12.6. The van der Waals surface area contributed by atoms with E-state index >= 15 is 0 Å². The predicted octanol–water partition coefficient (Wildman–Crippen LogP) is -3.04. The Bertz CT molecular complexity index is 653. The Balaban J connectivity index is 4.99. The van der Waals surface area contributed by atoms with Gasteiger partial charge in [-0.05, 0) is 25.7 Å². The van der Waals surface area contributed by atoms with E-state index in [0.29, 0.717) is 12.8 Å². The summed E-state index contributed by atoms with van der Waals surface area (Å²) in [7, 11) is 0. The van der Waals surface area contributed by atoms with Gasteiger partial charge < -0.3 is 43.4 Å². The Kier molecular flexibility index (Phi) is 12.8. The maximum Gasteiger partial charge on any atom is 0.326 e. The van der Waals surface area contributed by atoms with E-state index in [2.05, 4.69) is 20.9 Å². The Labute approximate surface area is 181 Å². The quantitative estimate of drug-likeness (QED) is 0.0769. The zero-order valence-electron chi connectivity index (χ0n) is 18.1. The molecule has 0 aromatic heterocycles. The maximum absolute atomic E-state index is 12.6. The van der Waals surface area contributed by atoms with Gasteiger partial charge in [-0.3, -0.25) is 19.4 Å². The highest BCUT2D eigenvalue weighted by Crippen LogP contribution is 2.09. The number of rotatable bonds is 14. The average Bonchev–Trinajstić information content (AvgIpc) is 2.71. The molecule has 0 radical (unpaired) electrons. The number of guanidine groups is 1. The highest BCUT2D eigenvalue weighted by atomic mass is 16.4. The summed E-state index contributed by atoms with van der Waals surface area (Å²) < 4.78 is 0. The second-order valence-electron chi connectivity index (χ2n) is 7.24. The molecule has 0 aromatic carbocycles. The third-order valence-electron chi connectivity index (χ3n) is 4.64. The molecule has 0 aliphatic carbocycles. The van der Waals surface area contributed by atoms with Crippen LogP contribution in [-0.2, 0) is 19.2 Å². The number of aliphatic carboxylic acids is 1. The zero-order chi connectivity index (χ0) is 24.1. The van der Waals surface area contributed by atoms with Gasteiger partial charge in [0.1, 0.15) is 24.2 Å². The number of nitrogens with two attached hydrogens (primary N) is 3. The summed E-state index contributed by atoms with van der Waals surface area (Å²) >= 11 is 0. The SMILES string of the molecule is CCC(C)C(NC(=O)C(N)CO)C(=O)NC(C)C(=O)NC(CCCN=C(N)N)C(=O)O. The van der Waals surface area contributed by atoms with Crippen molar-refractivity contribution in [1.29, 1.82) is 0 Å². The average molecular weight is 446 g/mol. The first kappa shape index (κ1) is 28.1. The number of carbonyl (C=O) groups is 4. The minimum absolute atomic E-state index is 0.0864. The third-order valence-corrected chi connectivity index (χ3v) is 4.64. The van der Waals surface area contributed by atoms with E-state index in [4.69, 9.17) is 22.3 Å². The molecule has 0 heterocycles. The number of nitrogens with zero attached hydrogens (tertiary/aromatic N) is 1. The van der Waals surface area contributed by atoms with Gasteiger partial charge in [0.25, 0.3) is 0 Å². The lowest BCUT2D eigenvalue weighted by molar-refractivity contribution is -0.142. The monoisotopic (exact) mass is 445 g/mol. The third kappa shape index (κ3) is 10.6. The molecule has 0 fully saturated rings. The van der Waals surface area contributed by atoms with Crippen LogP contribution in [-0.4, -0.2) is 77.2 Å². The highest BCUT2D eigenvalue weighted by molar-refractivity contribution is 5.94. The number of aliphatic imine (C=N–C) groups is 1. The molecular weight excluding hydrogens is 410 g/mol. The normalized spacial score (nSPS) is 15.5. The van der Waals surface area contributed by atoms with Crippen LogP contribution in [0.4, 0.5) is 0 Å². The van der Waals surface area contributed by atoms with Gasteiger partial charge in [-0.1, -0.05) is 20.3 Å². The second kappa shape index (κ2) is 14.1. The van der Waals surface area contributed by atoms with Gasteiger partial charge in [-0.25, -0.2) is 4.79 Å². The topological polar surface area (TPSA) is 235 Å². The standard InChI is InChI=1S/C18H35N7O6/c1-4-9(2)13(25-15(28)11(19)8-26)16(29)23-10(3)14(27)24-12(17(30)31)6-5-7-22-18(20)21/h9-13,26H,4-8,19H2,1-3H3,(H,23,29)(H,24,27)(H,25,28)(H,30,31)(H4,20,21,22). The molecule has 0 aliphatic rings. The van der Waals surface area contributed by atoms with Gasteiger partial charge >= 0.3 is 5.97 Å². The summed E-state index contributed by atoms with van der Waals surface area (Å²) in [6.45, 7) is 4.57. The van der Waals surface area contributed by atoms with Gasteiger partial charge in [-0.2, -0.15) is 0 Å². The van der Waals surface area contributed by atoms with Crippen LogP contribution in [0.5, 0.6) is 0 Å². The van der Waals surface area contributed by atoms with E-state index in [-0.39, 0.29) is 24.8 Å². The van der Waals surface area contributed by atoms with Crippen molar-refractivity contribution in [3.8, 4) is 0 Å². The number of amides is 3. The molecule has 5 unspecified atom stereocenters. The fourth-order valence-electron chi connectivity index (χ4n) is 2.47. The van der Waals surface area contributed by atoms with Crippen molar-refractivity contribution >= 4 is 29.7 Å². The van der Waals surface area contributed by atoms with Crippen molar-refractivity contribution in [2.24, 2.45) is 28.1 Å². The van der Waals surface area contributed by atoms with Crippen molar-refractivity contribution in [3.05, 3.63) is 0 Å². The van der Waals surface area contributed by atoms with E-state index in [1.165, 1.54) is 6.92 Å². The first-order valence-electron chi connectivity index (χ1n) is 10.00. The molecule has 0 aromatic rings. The molecule has 5 atom stereocenters. The molecule has 0 saturated carbocycles. The highest BCUT2D eigenvalue weighted by Gasteiger charge is 2.30. The fraction of sp³-hybridized carbons (Fsp3) is 0.722.